The number of anilines is 2. The summed E-state index contributed by atoms with van der Waals surface area (Å²) in [4.78, 5) is 8.69. The summed E-state index contributed by atoms with van der Waals surface area (Å²) >= 11 is 0. The number of nitrogens with zero attached hydrogens (tertiary/aromatic N) is 2. The molecule has 0 spiro atoms. The lowest BCUT2D eigenvalue weighted by Crippen LogP contribution is -2.40. The molecule has 1 aliphatic rings. The third kappa shape index (κ3) is 4.35. The van der Waals surface area contributed by atoms with Crippen molar-refractivity contribution in [1.29, 1.82) is 0 Å². The summed E-state index contributed by atoms with van der Waals surface area (Å²) in [5.41, 5.74) is -0.0494. The van der Waals surface area contributed by atoms with E-state index in [1.165, 1.54) is 0 Å². The molecule has 0 radical (unpaired) electrons. The lowest BCUT2D eigenvalue weighted by Gasteiger charge is -2.36. The van der Waals surface area contributed by atoms with Crippen molar-refractivity contribution in [2.24, 2.45) is 0 Å². The fourth-order valence-electron chi connectivity index (χ4n) is 2.33. The van der Waals surface area contributed by atoms with Gasteiger partial charge in [-0.2, -0.15) is 4.98 Å². The Balaban J connectivity index is 1.94. The third-order valence-corrected chi connectivity index (χ3v) is 3.24. The highest BCUT2D eigenvalue weighted by Crippen LogP contribution is 2.25. The summed E-state index contributed by atoms with van der Waals surface area (Å²) in [6.07, 6.45) is 4.87. The Bertz CT molecular complexity index is 408. The highest BCUT2D eigenvalue weighted by molar-refractivity contribution is 5.40. The summed E-state index contributed by atoms with van der Waals surface area (Å²) in [7, 11) is 0. The van der Waals surface area contributed by atoms with Crippen LogP contribution >= 0.6 is 0 Å². The lowest BCUT2D eigenvalue weighted by molar-refractivity contribution is -0.0553. The van der Waals surface area contributed by atoms with Crippen LogP contribution in [0.4, 0.5) is 11.8 Å². The van der Waals surface area contributed by atoms with Crippen molar-refractivity contribution in [2.45, 2.75) is 51.7 Å². The first-order chi connectivity index (χ1) is 9.09. The number of hydrogen-bond donors (Lipinski definition) is 2. The van der Waals surface area contributed by atoms with Crippen LogP contribution in [0.25, 0.3) is 0 Å². The first-order valence-electron chi connectivity index (χ1n) is 7.06. The Morgan fingerprint density at radius 2 is 2.32 bits per heavy atom. The standard InChI is InChI=1S/C14H24N4O/c1-4-7-15-13-16-8-5-12(18-13)17-11-6-9-19-14(2,3)10-11/h5,8,11H,4,6-7,9-10H2,1-3H3,(H2,15,16,17,18). The Morgan fingerprint density at radius 3 is 3.05 bits per heavy atom. The van der Waals surface area contributed by atoms with E-state index in [2.05, 4.69) is 41.4 Å². The fraction of sp³-hybridized carbons (Fsp3) is 0.714. The van der Waals surface area contributed by atoms with E-state index in [1.807, 2.05) is 6.07 Å². The van der Waals surface area contributed by atoms with Gasteiger partial charge in [0.2, 0.25) is 5.95 Å². The van der Waals surface area contributed by atoms with Crippen LogP contribution in [0, 0.1) is 0 Å². The summed E-state index contributed by atoms with van der Waals surface area (Å²) in [5, 5.41) is 6.68. The van der Waals surface area contributed by atoms with Crippen molar-refractivity contribution in [3.63, 3.8) is 0 Å². The molecule has 1 saturated heterocycles. The minimum absolute atomic E-state index is 0.0494. The van der Waals surface area contributed by atoms with E-state index in [4.69, 9.17) is 4.74 Å². The largest absolute Gasteiger partial charge is 0.375 e. The van der Waals surface area contributed by atoms with Crippen LogP contribution in [-0.4, -0.2) is 34.8 Å². The van der Waals surface area contributed by atoms with E-state index < -0.39 is 0 Å². The van der Waals surface area contributed by atoms with E-state index in [0.29, 0.717) is 12.0 Å². The number of aromatic nitrogens is 2. The quantitative estimate of drug-likeness (QED) is 0.856. The van der Waals surface area contributed by atoms with E-state index in [-0.39, 0.29) is 5.60 Å². The molecule has 0 aromatic carbocycles. The molecule has 5 nitrogen and oxygen atoms in total. The summed E-state index contributed by atoms with van der Waals surface area (Å²) in [6, 6.07) is 2.33. The van der Waals surface area contributed by atoms with Crippen LogP contribution in [0.3, 0.4) is 0 Å². The molecule has 5 heteroatoms. The minimum atomic E-state index is -0.0494. The predicted octanol–water partition coefficient (Wildman–Crippen LogP) is 2.67. The molecule has 106 valence electrons. The van der Waals surface area contributed by atoms with Crippen molar-refractivity contribution in [3.8, 4) is 0 Å². The van der Waals surface area contributed by atoms with Crippen LogP contribution in [0.15, 0.2) is 12.3 Å². The highest BCUT2D eigenvalue weighted by Gasteiger charge is 2.28. The normalized spacial score (nSPS) is 21.9. The zero-order valence-corrected chi connectivity index (χ0v) is 12.1. The average Bonchev–Trinajstić information content (AvgIpc) is 2.35. The fourth-order valence-corrected chi connectivity index (χ4v) is 2.33. The van der Waals surface area contributed by atoms with Gasteiger partial charge < -0.3 is 15.4 Å². The Kier molecular flexibility index (Phi) is 4.58. The predicted molar refractivity (Wildman–Crippen MR) is 77.5 cm³/mol. The molecule has 19 heavy (non-hydrogen) atoms. The van der Waals surface area contributed by atoms with Gasteiger partial charge in [-0.1, -0.05) is 6.92 Å². The number of hydrogen-bond acceptors (Lipinski definition) is 5. The van der Waals surface area contributed by atoms with Crippen molar-refractivity contribution in [2.75, 3.05) is 23.8 Å². The lowest BCUT2D eigenvalue weighted by atomic mass is 9.94. The molecule has 2 rings (SSSR count). The zero-order valence-electron chi connectivity index (χ0n) is 12.1. The summed E-state index contributed by atoms with van der Waals surface area (Å²) < 4.78 is 5.72. The number of nitrogens with one attached hydrogen (secondary N) is 2. The zero-order chi connectivity index (χ0) is 13.7. The van der Waals surface area contributed by atoms with Gasteiger partial charge in [-0.3, -0.25) is 0 Å². The number of rotatable bonds is 5. The topological polar surface area (TPSA) is 59.1 Å². The monoisotopic (exact) mass is 264 g/mol. The molecule has 1 atom stereocenters. The molecule has 2 N–H and O–H groups in total. The minimum Gasteiger partial charge on any atom is -0.375 e. The van der Waals surface area contributed by atoms with E-state index in [1.54, 1.807) is 6.20 Å². The average molecular weight is 264 g/mol. The molecular weight excluding hydrogens is 240 g/mol. The Hall–Kier alpha value is -1.36. The van der Waals surface area contributed by atoms with E-state index in [9.17, 15) is 0 Å². The van der Waals surface area contributed by atoms with Gasteiger partial charge in [0.1, 0.15) is 5.82 Å². The highest BCUT2D eigenvalue weighted by atomic mass is 16.5. The molecule has 1 fully saturated rings. The Morgan fingerprint density at radius 1 is 1.47 bits per heavy atom. The molecule has 2 heterocycles. The third-order valence-electron chi connectivity index (χ3n) is 3.24. The second-order valence-corrected chi connectivity index (χ2v) is 5.63. The maximum atomic E-state index is 5.72. The summed E-state index contributed by atoms with van der Waals surface area (Å²) in [6.45, 7) is 8.09. The maximum absolute atomic E-state index is 5.72. The van der Waals surface area contributed by atoms with Crippen molar-refractivity contribution < 1.29 is 4.74 Å². The molecule has 1 aromatic rings. The second kappa shape index (κ2) is 6.19. The van der Waals surface area contributed by atoms with Crippen LogP contribution in [0.5, 0.6) is 0 Å². The van der Waals surface area contributed by atoms with E-state index in [0.717, 1.165) is 38.2 Å². The second-order valence-electron chi connectivity index (χ2n) is 5.63. The smallest absolute Gasteiger partial charge is 0.224 e. The number of ether oxygens (including phenoxy) is 1. The van der Waals surface area contributed by atoms with Gasteiger partial charge in [0.05, 0.1) is 5.60 Å². The van der Waals surface area contributed by atoms with Gasteiger partial charge >= 0.3 is 0 Å². The van der Waals surface area contributed by atoms with E-state index >= 15 is 0 Å². The SMILES string of the molecule is CCCNc1nccc(NC2CCOC(C)(C)C2)n1. The summed E-state index contributed by atoms with van der Waals surface area (Å²) in [5.74, 6) is 1.58. The van der Waals surface area contributed by atoms with Gasteiger partial charge in [0.15, 0.2) is 0 Å². The maximum Gasteiger partial charge on any atom is 0.224 e. The molecule has 1 aliphatic heterocycles. The molecule has 0 bridgehead atoms. The molecule has 0 aliphatic carbocycles. The van der Waals surface area contributed by atoms with Crippen LogP contribution in [0.1, 0.15) is 40.0 Å². The van der Waals surface area contributed by atoms with Crippen LogP contribution in [0.2, 0.25) is 0 Å². The van der Waals surface area contributed by atoms with Gasteiger partial charge in [-0.05, 0) is 39.2 Å². The molecule has 0 saturated carbocycles. The molecular formula is C14H24N4O. The van der Waals surface area contributed by atoms with Gasteiger partial charge in [-0.25, -0.2) is 4.98 Å². The van der Waals surface area contributed by atoms with Crippen molar-refractivity contribution in [3.05, 3.63) is 12.3 Å². The van der Waals surface area contributed by atoms with Gasteiger partial charge in [-0.15, -0.1) is 0 Å². The molecule has 1 unspecified atom stereocenters. The molecule has 1 aromatic heterocycles. The van der Waals surface area contributed by atoms with Gasteiger partial charge in [0, 0.05) is 25.4 Å². The molecule has 0 amide bonds. The van der Waals surface area contributed by atoms with Crippen molar-refractivity contribution >= 4 is 11.8 Å². The first-order valence-corrected chi connectivity index (χ1v) is 7.06. The van der Waals surface area contributed by atoms with Crippen LogP contribution < -0.4 is 10.6 Å². The Labute approximate surface area is 115 Å². The van der Waals surface area contributed by atoms with Gasteiger partial charge in [0.25, 0.3) is 0 Å². The van der Waals surface area contributed by atoms with Crippen molar-refractivity contribution in [1.82, 2.24) is 9.97 Å². The van der Waals surface area contributed by atoms with Crippen LogP contribution in [-0.2, 0) is 4.74 Å². The first kappa shape index (κ1) is 14.1.